The molecule has 25 heavy (non-hydrogen) atoms. The summed E-state index contributed by atoms with van der Waals surface area (Å²) in [5.74, 6) is -0.889. The monoisotopic (exact) mass is 423 g/mol. The van der Waals surface area contributed by atoms with E-state index in [-0.39, 0.29) is 22.9 Å². The highest BCUT2D eigenvalue weighted by Gasteiger charge is 2.29. The first-order chi connectivity index (χ1) is 11.8. The molecular weight excluding hydrogens is 410 g/mol. The van der Waals surface area contributed by atoms with Crippen LogP contribution < -0.4 is 10.1 Å². The van der Waals surface area contributed by atoms with Crippen LogP contribution in [0.1, 0.15) is 26.3 Å². The van der Waals surface area contributed by atoms with E-state index < -0.39 is 15.9 Å². The number of nitrogens with zero attached hydrogens (tertiary/aromatic N) is 1. The van der Waals surface area contributed by atoms with Crippen molar-refractivity contribution in [3.8, 4) is 0 Å². The Morgan fingerprint density at radius 2 is 1.92 bits per heavy atom. The highest BCUT2D eigenvalue weighted by molar-refractivity contribution is 9.10. The molecule has 130 valence electrons. The molecule has 0 bridgehead atoms. The third-order valence-corrected chi connectivity index (χ3v) is 5.92. The van der Waals surface area contributed by atoms with E-state index in [1.807, 2.05) is 12.1 Å². The van der Waals surface area contributed by atoms with E-state index in [1.165, 1.54) is 30.3 Å². The largest absolute Gasteiger partial charge is 0.272 e. The molecular formula is C16H14BrN3O4S. The standard InChI is InChI=1S/C16H14BrN3O4S/c1-18-25(23,24)11-6-7-14(17)13(8-11)15(21)19-20-9-10-4-2-3-5-12(10)16(20)22/h2-8,18H,9H2,1H3,(H,19,21). The van der Waals surface area contributed by atoms with E-state index in [4.69, 9.17) is 0 Å². The summed E-state index contributed by atoms with van der Waals surface area (Å²) in [6.07, 6.45) is 0. The molecule has 3 rings (SSSR count). The van der Waals surface area contributed by atoms with E-state index in [1.54, 1.807) is 12.1 Å². The fourth-order valence-corrected chi connectivity index (χ4v) is 3.67. The summed E-state index contributed by atoms with van der Waals surface area (Å²) in [4.78, 5) is 24.8. The van der Waals surface area contributed by atoms with E-state index in [0.717, 1.165) is 5.56 Å². The van der Waals surface area contributed by atoms with E-state index in [9.17, 15) is 18.0 Å². The summed E-state index contributed by atoms with van der Waals surface area (Å²) in [5, 5.41) is 1.21. The van der Waals surface area contributed by atoms with Crippen molar-refractivity contribution in [1.29, 1.82) is 0 Å². The zero-order chi connectivity index (χ0) is 18.2. The van der Waals surface area contributed by atoms with Crippen molar-refractivity contribution in [3.63, 3.8) is 0 Å². The average molecular weight is 424 g/mol. The van der Waals surface area contributed by atoms with Crippen LogP contribution in [0.3, 0.4) is 0 Å². The third kappa shape index (κ3) is 3.30. The summed E-state index contributed by atoms with van der Waals surface area (Å²) in [7, 11) is -2.40. The normalized spacial score (nSPS) is 13.7. The predicted molar refractivity (Wildman–Crippen MR) is 94.2 cm³/mol. The minimum Gasteiger partial charge on any atom is -0.267 e. The highest BCUT2D eigenvalue weighted by atomic mass is 79.9. The lowest BCUT2D eigenvalue weighted by molar-refractivity contribution is 0.0602. The fraction of sp³-hybridized carbons (Fsp3) is 0.125. The van der Waals surface area contributed by atoms with Crippen molar-refractivity contribution in [1.82, 2.24) is 15.2 Å². The van der Waals surface area contributed by atoms with Gasteiger partial charge in [0.25, 0.3) is 11.8 Å². The van der Waals surface area contributed by atoms with Gasteiger partial charge in [0.1, 0.15) is 0 Å². The zero-order valence-electron chi connectivity index (χ0n) is 13.1. The van der Waals surface area contributed by atoms with Gasteiger partial charge in [-0.25, -0.2) is 18.1 Å². The maximum Gasteiger partial charge on any atom is 0.272 e. The Hall–Kier alpha value is -2.23. The van der Waals surface area contributed by atoms with Crippen LogP contribution in [0.15, 0.2) is 51.8 Å². The SMILES string of the molecule is CNS(=O)(=O)c1ccc(Br)c(C(=O)NN2Cc3ccccc3C2=O)c1. The molecule has 2 amide bonds. The molecule has 2 aromatic carbocycles. The smallest absolute Gasteiger partial charge is 0.267 e. The maximum atomic E-state index is 12.5. The van der Waals surface area contributed by atoms with Gasteiger partial charge in [-0.15, -0.1) is 0 Å². The second-order valence-electron chi connectivity index (χ2n) is 5.34. The van der Waals surface area contributed by atoms with Crippen LogP contribution in [0.25, 0.3) is 0 Å². The molecule has 1 heterocycles. The molecule has 0 unspecified atom stereocenters. The Labute approximate surface area is 153 Å². The number of fused-ring (bicyclic) bond motifs is 1. The minimum absolute atomic E-state index is 0.0422. The lowest BCUT2D eigenvalue weighted by atomic mass is 10.1. The lowest BCUT2D eigenvalue weighted by Gasteiger charge is -2.17. The number of nitrogens with one attached hydrogen (secondary N) is 2. The summed E-state index contributed by atoms with van der Waals surface area (Å²) in [6.45, 7) is 0.257. The molecule has 0 spiro atoms. The molecule has 7 nitrogen and oxygen atoms in total. The van der Waals surface area contributed by atoms with Crippen molar-refractivity contribution in [2.24, 2.45) is 0 Å². The molecule has 0 saturated carbocycles. The van der Waals surface area contributed by atoms with Crippen LogP contribution >= 0.6 is 15.9 Å². The number of carbonyl (C=O) groups is 2. The molecule has 0 atom stereocenters. The van der Waals surface area contributed by atoms with Gasteiger partial charge in [0.15, 0.2) is 0 Å². The molecule has 1 aliphatic heterocycles. The average Bonchev–Trinajstić information content (AvgIpc) is 2.91. The van der Waals surface area contributed by atoms with Gasteiger partial charge in [0, 0.05) is 10.0 Å². The van der Waals surface area contributed by atoms with Gasteiger partial charge in [-0.3, -0.25) is 15.0 Å². The summed E-state index contributed by atoms with van der Waals surface area (Å²) in [5.41, 5.74) is 3.99. The van der Waals surface area contributed by atoms with Crippen molar-refractivity contribution in [2.75, 3.05) is 7.05 Å². The van der Waals surface area contributed by atoms with E-state index in [0.29, 0.717) is 10.0 Å². The first-order valence-electron chi connectivity index (χ1n) is 7.27. The molecule has 0 aliphatic carbocycles. The van der Waals surface area contributed by atoms with Crippen LogP contribution in [-0.4, -0.2) is 32.3 Å². The molecule has 9 heteroatoms. The molecule has 1 aliphatic rings. The molecule has 0 radical (unpaired) electrons. The molecule has 0 fully saturated rings. The van der Waals surface area contributed by atoms with Crippen LogP contribution in [0.5, 0.6) is 0 Å². The highest BCUT2D eigenvalue weighted by Crippen LogP contribution is 2.23. The van der Waals surface area contributed by atoms with Gasteiger partial charge >= 0.3 is 0 Å². The quantitative estimate of drug-likeness (QED) is 0.781. The Morgan fingerprint density at radius 1 is 1.20 bits per heavy atom. The second-order valence-corrected chi connectivity index (χ2v) is 8.08. The van der Waals surface area contributed by atoms with Crippen molar-refractivity contribution in [2.45, 2.75) is 11.4 Å². The van der Waals surface area contributed by atoms with Crippen molar-refractivity contribution in [3.05, 3.63) is 63.6 Å². The number of rotatable bonds is 4. The van der Waals surface area contributed by atoms with Crippen LogP contribution in [0.2, 0.25) is 0 Å². The van der Waals surface area contributed by atoms with Crippen LogP contribution in [0.4, 0.5) is 0 Å². The number of hydrazine groups is 1. The Balaban J connectivity index is 1.86. The molecule has 0 saturated heterocycles. The second kappa shape index (κ2) is 6.58. The summed E-state index contributed by atoms with van der Waals surface area (Å²) in [6, 6.07) is 11.2. The van der Waals surface area contributed by atoms with Gasteiger partial charge in [0.05, 0.1) is 17.0 Å². The predicted octanol–water partition coefficient (Wildman–Crippen LogP) is 1.66. The Morgan fingerprint density at radius 3 is 2.60 bits per heavy atom. The first-order valence-corrected chi connectivity index (χ1v) is 9.55. The van der Waals surface area contributed by atoms with Crippen molar-refractivity contribution < 1.29 is 18.0 Å². The maximum absolute atomic E-state index is 12.5. The molecule has 2 aromatic rings. The van der Waals surface area contributed by atoms with Crippen LogP contribution in [0, 0.1) is 0 Å². The number of halogens is 1. The topological polar surface area (TPSA) is 95.6 Å². The zero-order valence-corrected chi connectivity index (χ0v) is 15.5. The van der Waals surface area contributed by atoms with Gasteiger partial charge in [-0.05, 0) is 52.8 Å². The molecule has 2 N–H and O–H groups in total. The van der Waals surface area contributed by atoms with Gasteiger partial charge in [-0.2, -0.15) is 0 Å². The Bertz CT molecular complexity index is 975. The fourth-order valence-electron chi connectivity index (χ4n) is 2.49. The summed E-state index contributed by atoms with van der Waals surface area (Å²) < 4.78 is 26.4. The van der Waals surface area contributed by atoms with E-state index in [2.05, 4.69) is 26.1 Å². The van der Waals surface area contributed by atoms with Crippen molar-refractivity contribution >= 4 is 37.8 Å². The number of carbonyl (C=O) groups excluding carboxylic acids is 2. The number of hydrogen-bond acceptors (Lipinski definition) is 4. The number of hydrogen-bond donors (Lipinski definition) is 2. The number of sulfonamides is 1. The van der Waals surface area contributed by atoms with Gasteiger partial charge < -0.3 is 0 Å². The van der Waals surface area contributed by atoms with Crippen LogP contribution in [-0.2, 0) is 16.6 Å². The number of benzene rings is 2. The van der Waals surface area contributed by atoms with E-state index >= 15 is 0 Å². The molecule has 0 aromatic heterocycles. The van der Waals surface area contributed by atoms with Gasteiger partial charge in [0.2, 0.25) is 10.0 Å². The lowest BCUT2D eigenvalue weighted by Crippen LogP contribution is -2.42. The number of amides is 2. The Kier molecular flexibility index (Phi) is 4.63. The minimum atomic E-state index is -3.68. The summed E-state index contributed by atoms with van der Waals surface area (Å²) >= 11 is 3.23. The first kappa shape index (κ1) is 17.6. The van der Waals surface area contributed by atoms with Gasteiger partial charge in [-0.1, -0.05) is 18.2 Å². The third-order valence-electron chi connectivity index (χ3n) is 3.82.